The van der Waals surface area contributed by atoms with Gasteiger partial charge in [-0.25, -0.2) is 0 Å². The number of hydrogen-bond donors (Lipinski definition) is 1. The minimum absolute atomic E-state index is 0. The smallest absolute Gasteiger partial charge is 0.119 e. The fourth-order valence-electron chi connectivity index (χ4n) is 4.88. The zero-order chi connectivity index (χ0) is 18.4. The number of ether oxygens (including phenoxy) is 1. The van der Waals surface area contributed by atoms with Gasteiger partial charge in [-0.2, -0.15) is 0 Å². The molecular formula is C22H34ClNO2. The van der Waals surface area contributed by atoms with Crippen LogP contribution in [-0.2, 0) is 16.6 Å². The average Bonchev–Trinajstić information content (AvgIpc) is 2.52. The molecule has 1 aliphatic carbocycles. The van der Waals surface area contributed by atoms with Crippen molar-refractivity contribution in [2.24, 2.45) is 5.41 Å². The summed E-state index contributed by atoms with van der Waals surface area (Å²) in [4.78, 5) is 2.58. The zero-order valence-electron chi connectivity index (χ0n) is 17.0. The molecule has 4 heteroatoms. The summed E-state index contributed by atoms with van der Waals surface area (Å²) in [6.07, 6.45) is 4.06. The second-order valence-electron chi connectivity index (χ2n) is 8.96. The van der Waals surface area contributed by atoms with E-state index in [1.165, 1.54) is 11.1 Å². The van der Waals surface area contributed by atoms with Gasteiger partial charge in [-0.3, -0.25) is 4.90 Å². The molecule has 1 N–H and O–H groups in total. The Kier molecular flexibility index (Phi) is 6.04. The van der Waals surface area contributed by atoms with Gasteiger partial charge in [0.05, 0.1) is 6.26 Å². The number of likely N-dealkylation sites (tertiary alicyclic amines) is 1. The molecule has 1 saturated heterocycles. The van der Waals surface area contributed by atoms with E-state index in [9.17, 15) is 5.11 Å². The van der Waals surface area contributed by atoms with Crippen molar-refractivity contribution in [3.05, 3.63) is 41.2 Å². The van der Waals surface area contributed by atoms with Crippen LogP contribution in [0.5, 0.6) is 5.75 Å². The maximum absolute atomic E-state index is 10.5. The number of phenolic OH excluding ortho intramolecular Hbond substituents is 1. The Bertz CT molecular complexity index is 681. The Morgan fingerprint density at radius 2 is 2.04 bits per heavy atom. The number of nitrogens with zero attached hydrogens (tertiary/aromatic N) is 1. The van der Waals surface area contributed by atoms with Crippen LogP contribution in [0.15, 0.2) is 30.0 Å². The SMILES string of the molecule is CC(C)=COC(C)CN1CCC2(C)c3cccc(O)c3C[C@@H]1C2(C)C.Cl. The van der Waals surface area contributed by atoms with Gasteiger partial charge in [0.25, 0.3) is 0 Å². The molecule has 1 aromatic rings. The predicted octanol–water partition coefficient (Wildman–Crippen LogP) is 5.06. The molecule has 0 aromatic heterocycles. The van der Waals surface area contributed by atoms with Crippen LogP contribution in [-0.4, -0.2) is 35.2 Å². The largest absolute Gasteiger partial charge is 0.508 e. The molecule has 26 heavy (non-hydrogen) atoms. The van der Waals surface area contributed by atoms with Crippen LogP contribution in [0.2, 0.25) is 0 Å². The molecule has 3 rings (SSSR count). The van der Waals surface area contributed by atoms with E-state index in [4.69, 9.17) is 4.74 Å². The van der Waals surface area contributed by atoms with E-state index < -0.39 is 0 Å². The standard InChI is InChI=1S/C22H33NO2.ClH/c1-15(2)14-25-16(3)13-23-11-10-22(6)18-8-7-9-19(24)17(18)12-20(23)21(22,4)5;/h7-9,14,16,20,24H,10-13H2,1-6H3;1H/t16?,20-,22?;/m1./s1. The number of phenols is 1. The highest BCUT2D eigenvalue weighted by atomic mass is 35.5. The highest BCUT2D eigenvalue weighted by Gasteiger charge is 2.56. The van der Waals surface area contributed by atoms with Crippen molar-refractivity contribution in [1.82, 2.24) is 4.90 Å². The average molecular weight is 380 g/mol. The number of halogens is 1. The number of benzene rings is 1. The lowest BCUT2D eigenvalue weighted by Crippen LogP contribution is -2.64. The Morgan fingerprint density at radius 3 is 2.69 bits per heavy atom. The van der Waals surface area contributed by atoms with Gasteiger partial charge in [0.1, 0.15) is 11.9 Å². The van der Waals surface area contributed by atoms with E-state index in [1.54, 1.807) is 0 Å². The maximum Gasteiger partial charge on any atom is 0.119 e. The summed E-state index contributed by atoms with van der Waals surface area (Å²) >= 11 is 0. The van der Waals surface area contributed by atoms with E-state index in [1.807, 2.05) is 18.4 Å². The molecule has 2 bridgehead atoms. The third kappa shape index (κ3) is 3.36. The van der Waals surface area contributed by atoms with Crippen molar-refractivity contribution in [3.8, 4) is 5.75 Å². The number of piperidine rings is 1. The Hall–Kier alpha value is -1.19. The first-order valence-electron chi connectivity index (χ1n) is 9.51. The molecule has 0 radical (unpaired) electrons. The molecule has 1 heterocycles. The Morgan fingerprint density at radius 1 is 1.35 bits per heavy atom. The molecule has 2 unspecified atom stereocenters. The molecule has 1 fully saturated rings. The second-order valence-corrected chi connectivity index (χ2v) is 8.96. The monoisotopic (exact) mass is 379 g/mol. The van der Waals surface area contributed by atoms with Gasteiger partial charge in [0.15, 0.2) is 0 Å². The topological polar surface area (TPSA) is 32.7 Å². The fourth-order valence-corrected chi connectivity index (χ4v) is 4.88. The highest BCUT2D eigenvalue weighted by Crippen LogP contribution is 2.57. The normalized spacial score (nSPS) is 27.7. The zero-order valence-corrected chi connectivity index (χ0v) is 17.8. The fraction of sp³-hybridized carbons (Fsp3) is 0.636. The molecule has 1 aromatic carbocycles. The van der Waals surface area contributed by atoms with Gasteiger partial charge in [-0.05, 0) is 68.3 Å². The third-order valence-electron chi connectivity index (χ3n) is 6.77. The van der Waals surface area contributed by atoms with Gasteiger partial charge in [-0.1, -0.05) is 32.9 Å². The van der Waals surface area contributed by atoms with E-state index in [0.29, 0.717) is 11.8 Å². The third-order valence-corrected chi connectivity index (χ3v) is 6.77. The van der Waals surface area contributed by atoms with Gasteiger partial charge in [-0.15, -0.1) is 12.4 Å². The molecule has 1 aliphatic heterocycles. The van der Waals surface area contributed by atoms with Crippen molar-refractivity contribution >= 4 is 12.4 Å². The van der Waals surface area contributed by atoms with E-state index in [0.717, 1.165) is 31.5 Å². The van der Waals surface area contributed by atoms with Crippen molar-refractivity contribution in [2.45, 2.75) is 71.9 Å². The van der Waals surface area contributed by atoms with Gasteiger partial charge >= 0.3 is 0 Å². The van der Waals surface area contributed by atoms with Gasteiger partial charge in [0.2, 0.25) is 0 Å². The quantitative estimate of drug-likeness (QED) is 0.742. The van der Waals surface area contributed by atoms with Crippen LogP contribution in [0.1, 0.15) is 59.1 Å². The van der Waals surface area contributed by atoms with Crippen LogP contribution < -0.4 is 0 Å². The molecule has 3 nitrogen and oxygen atoms in total. The lowest BCUT2D eigenvalue weighted by atomic mass is 9.51. The Labute approximate surface area is 164 Å². The Balaban J connectivity index is 0.00000243. The summed E-state index contributed by atoms with van der Waals surface area (Å²) in [6.45, 7) is 15.5. The van der Waals surface area contributed by atoms with Crippen molar-refractivity contribution < 1.29 is 9.84 Å². The lowest BCUT2D eigenvalue weighted by molar-refractivity contribution is -0.0538. The van der Waals surface area contributed by atoms with Gasteiger partial charge < -0.3 is 9.84 Å². The predicted molar refractivity (Wildman–Crippen MR) is 110 cm³/mol. The van der Waals surface area contributed by atoms with Crippen LogP contribution in [0.3, 0.4) is 0 Å². The first-order chi connectivity index (χ1) is 11.7. The van der Waals surface area contributed by atoms with Crippen LogP contribution in [0.4, 0.5) is 0 Å². The number of aromatic hydroxyl groups is 1. The van der Waals surface area contributed by atoms with E-state index in [2.05, 4.69) is 52.5 Å². The van der Waals surface area contributed by atoms with Crippen molar-refractivity contribution in [1.29, 1.82) is 0 Å². The molecule has 3 atom stereocenters. The number of hydrogen-bond acceptors (Lipinski definition) is 3. The maximum atomic E-state index is 10.5. The summed E-state index contributed by atoms with van der Waals surface area (Å²) in [5.74, 6) is 0.458. The molecule has 0 spiro atoms. The van der Waals surface area contributed by atoms with Crippen LogP contribution >= 0.6 is 12.4 Å². The molecule has 146 valence electrons. The minimum atomic E-state index is 0. The molecule has 2 aliphatic rings. The van der Waals surface area contributed by atoms with Gasteiger partial charge in [0, 0.05) is 18.0 Å². The van der Waals surface area contributed by atoms with Crippen molar-refractivity contribution in [3.63, 3.8) is 0 Å². The first kappa shape index (κ1) is 21.1. The summed E-state index contributed by atoms with van der Waals surface area (Å²) < 4.78 is 5.88. The number of fused-ring (bicyclic) bond motifs is 4. The van der Waals surface area contributed by atoms with Crippen molar-refractivity contribution in [2.75, 3.05) is 13.1 Å². The lowest BCUT2D eigenvalue weighted by Gasteiger charge is -2.61. The second kappa shape index (κ2) is 7.44. The highest BCUT2D eigenvalue weighted by molar-refractivity contribution is 5.85. The van der Waals surface area contributed by atoms with Crippen LogP contribution in [0, 0.1) is 5.41 Å². The summed E-state index contributed by atoms with van der Waals surface area (Å²) in [5.41, 5.74) is 3.95. The first-order valence-corrected chi connectivity index (χ1v) is 9.51. The summed E-state index contributed by atoms with van der Waals surface area (Å²) in [7, 11) is 0. The number of allylic oxidation sites excluding steroid dienone is 1. The molecular weight excluding hydrogens is 346 g/mol. The molecule has 0 amide bonds. The van der Waals surface area contributed by atoms with Crippen LogP contribution in [0.25, 0.3) is 0 Å². The van der Waals surface area contributed by atoms with E-state index in [-0.39, 0.29) is 29.3 Å². The van der Waals surface area contributed by atoms with E-state index >= 15 is 0 Å². The number of rotatable bonds is 4. The summed E-state index contributed by atoms with van der Waals surface area (Å²) in [5, 5.41) is 10.5. The summed E-state index contributed by atoms with van der Waals surface area (Å²) in [6, 6.07) is 6.48. The molecule has 0 saturated carbocycles. The minimum Gasteiger partial charge on any atom is -0.508 e.